The monoisotopic (exact) mass is 607 g/mol. The summed E-state index contributed by atoms with van der Waals surface area (Å²) in [5.74, 6) is 0.529. The van der Waals surface area contributed by atoms with E-state index >= 15 is 0 Å². The van der Waals surface area contributed by atoms with Crippen molar-refractivity contribution in [3.05, 3.63) is 64.1 Å². The number of ether oxygens (including phenoxy) is 1. The van der Waals surface area contributed by atoms with Crippen LogP contribution in [-0.4, -0.2) is 92.9 Å². The Morgan fingerprint density at radius 3 is 2.33 bits per heavy atom. The number of rotatable bonds is 9. The number of morpholine rings is 1. The van der Waals surface area contributed by atoms with Crippen LogP contribution >= 0.6 is 23.2 Å². The molecule has 0 N–H and O–H groups in total. The van der Waals surface area contributed by atoms with Crippen LogP contribution in [0.5, 0.6) is 0 Å². The summed E-state index contributed by atoms with van der Waals surface area (Å²) in [4.78, 5) is 18.5. The number of sulfonamides is 1. The third kappa shape index (κ3) is 7.09. The predicted molar refractivity (Wildman–Crippen MR) is 158 cm³/mol. The van der Waals surface area contributed by atoms with Crippen LogP contribution in [0, 0.1) is 5.92 Å². The molecule has 2 atom stereocenters. The number of benzene rings is 2. The zero-order valence-corrected chi connectivity index (χ0v) is 25.2. The normalized spacial score (nSPS) is 23.2. The van der Waals surface area contributed by atoms with Crippen molar-refractivity contribution < 1.29 is 17.9 Å². The highest BCUT2D eigenvalue weighted by atomic mass is 35.5. The highest BCUT2D eigenvalue weighted by Gasteiger charge is 2.39. The summed E-state index contributed by atoms with van der Waals surface area (Å²) in [5.41, 5.74) is 1.36. The fraction of sp³-hybridized carbons (Fsp3) is 0.567. The maximum absolute atomic E-state index is 13.6. The van der Waals surface area contributed by atoms with Gasteiger partial charge in [0.25, 0.3) is 0 Å². The minimum Gasteiger partial charge on any atom is -0.379 e. The molecule has 2 aromatic rings. The van der Waals surface area contributed by atoms with Gasteiger partial charge in [0.15, 0.2) is 5.78 Å². The summed E-state index contributed by atoms with van der Waals surface area (Å²) in [7, 11) is -3.86. The zero-order valence-electron chi connectivity index (χ0n) is 22.9. The van der Waals surface area contributed by atoms with Crippen molar-refractivity contribution in [3.63, 3.8) is 0 Å². The number of ketones is 1. The molecular weight excluding hydrogens is 569 g/mol. The van der Waals surface area contributed by atoms with Gasteiger partial charge >= 0.3 is 0 Å². The molecule has 0 spiro atoms. The van der Waals surface area contributed by atoms with Gasteiger partial charge in [-0.2, -0.15) is 4.31 Å². The first-order valence-electron chi connectivity index (χ1n) is 14.4. The van der Waals surface area contributed by atoms with Gasteiger partial charge in [0.2, 0.25) is 10.0 Å². The third-order valence-electron chi connectivity index (χ3n) is 8.68. The number of halogens is 2. The highest BCUT2D eigenvalue weighted by molar-refractivity contribution is 7.89. The van der Waals surface area contributed by atoms with E-state index in [-0.39, 0.29) is 22.2 Å². The molecule has 0 bridgehead atoms. The van der Waals surface area contributed by atoms with Crippen LogP contribution in [0.1, 0.15) is 37.7 Å². The molecule has 218 valence electrons. The first kappa shape index (κ1) is 30.0. The highest BCUT2D eigenvalue weighted by Crippen LogP contribution is 2.31. The smallest absolute Gasteiger partial charge is 0.243 e. The van der Waals surface area contributed by atoms with Crippen LogP contribution in [0.3, 0.4) is 0 Å². The summed E-state index contributed by atoms with van der Waals surface area (Å²) in [6, 6.07) is 14.8. The molecule has 2 unspecified atom stereocenters. The third-order valence-corrected chi connectivity index (χ3v) is 11.3. The van der Waals surface area contributed by atoms with Gasteiger partial charge in [-0.25, -0.2) is 8.42 Å². The Morgan fingerprint density at radius 1 is 0.900 bits per heavy atom. The lowest BCUT2D eigenvalue weighted by atomic mass is 9.84. The van der Waals surface area contributed by atoms with E-state index in [1.54, 1.807) is 0 Å². The zero-order chi connectivity index (χ0) is 28.1. The van der Waals surface area contributed by atoms with Crippen molar-refractivity contribution in [2.75, 3.05) is 52.5 Å². The van der Waals surface area contributed by atoms with Gasteiger partial charge in [0.05, 0.1) is 40.7 Å². The molecule has 0 aliphatic carbocycles. The first-order chi connectivity index (χ1) is 19.3. The van der Waals surface area contributed by atoms with Crippen LogP contribution in [0.25, 0.3) is 0 Å². The van der Waals surface area contributed by atoms with E-state index < -0.39 is 16.1 Å². The van der Waals surface area contributed by atoms with E-state index in [4.69, 9.17) is 27.9 Å². The predicted octanol–water partition coefficient (Wildman–Crippen LogP) is 4.76. The number of hydrogen-bond acceptors (Lipinski definition) is 6. The summed E-state index contributed by atoms with van der Waals surface area (Å²) < 4.78 is 34.1. The molecule has 3 aliphatic heterocycles. The second kappa shape index (κ2) is 13.6. The van der Waals surface area contributed by atoms with Crippen LogP contribution in [0.2, 0.25) is 10.0 Å². The minimum atomic E-state index is -3.86. The Hall–Kier alpha value is -1.52. The number of carbonyl (C=O) groups is 1. The molecule has 0 aromatic heterocycles. The average Bonchev–Trinajstić information content (AvgIpc) is 2.98. The lowest BCUT2D eigenvalue weighted by Crippen LogP contribution is -2.53. The molecule has 0 saturated carbocycles. The van der Waals surface area contributed by atoms with Gasteiger partial charge in [-0.05, 0) is 74.9 Å². The standard InChI is InChI=1S/C30H39Cl2N3O4S/c31-26-10-9-25(21-27(26)32)40(37,38)35-13-5-4-8-28(35)30(36)22-33-14-11-24(12-15-33)29(34-16-18-39-19-17-34)20-23-6-2-1-3-7-23/h1-3,6-7,9-10,21,24,28-29H,4-5,8,11-20,22H2. The Bertz CT molecular complexity index is 1250. The molecular formula is C30H39Cl2N3O4S. The average molecular weight is 609 g/mol. The molecule has 7 nitrogen and oxygen atoms in total. The van der Waals surface area contributed by atoms with Crippen molar-refractivity contribution in [3.8, 4) is 0 Å². The number of likely N-dealkylation sites (tertiary alicyclic amines) is 1. The summed E-state index contributed by atoms with van der Waals surface area (Å²) in [5, 5.41) is 0.489. The maximum atomic E-state index is 13.6. The lowest BCUT2D eigenvalue weighted by Gasteiger charge is -2.43. The van der Waals surface area contributed by atoms with E-state index in [2.05, 4.69) is 40.1 Å². The second-order valence-corrected chi connectivity index (χ2v) is 13.9. The molecule has 10 heteroatoms. The van der Waals surface area contributed by atoms with E-state index in [1.165, 1.54) is 28.1 Å². The maximum Gasteiger partial charge on any atom is 0.243 e. The summed E-state index contributed by atoms with van der Waals surface area (Å²) in [6.45, 7) is 5.79. The number of piperidine rings is 2. The fourth-order valence-corrected chi connectivity index (χ4v) is 8.54. The SMILES string of the molecule is O=C(CN1CCC(C(Cc2ccccc2)N2CCOCC2)CC1)C1CCCCN1S(=O)(=O)c1ccc(Cl)c(Cl)c1. The van der Waals surface area contributed by atoms with Crippen LogP contribution in [0.4, 0.5) is 0 Å². The van der Waals surface area contributed by atoms with Crippen molar-refractivity contribution in [1.82, 2.24) is 14.1 Å². The van der Waals surface area contributed by atoms with E-state index in [0.717, 1.165) is 71.5 Å². The molecule has 2 aromatic carbocycles. The minimum absolute atomic E-state index is 0.0178. The molecule has 5 rings (SSSR count). The van der Waals surface area contributed by atoms with Gasteiger partial charge in [0, 0.05) is 25.7 Å². The Labute approximate surface area is 248 Å². The van der Waals surface area contributed by atoms with Gasteiger partial charge < -0.3 is 4.74 Å². The molecule has 3 heterocycles. The van der Waals surface area contributed by atoms with E-state index in [9.17, 15) is 13.2 Å². The van der Waals surface area contributed by atoms with Gasteiger partial charge in [-0.15, -0.1) is 0 Å². The molecule has 3 aliphatic rings. The van der Waals surface area contributed by atoms with E-state index in [1.807, 2.05) is 0 Å². The molecule has 40 heavy (non-hydrogen) atoms. The quantitative estimate of drug-likeness (QED) is 0.409. The Balaban J connectivity index is 1.22. The van der Waals surface area contributed by atoms with Gasteiger partial charge in [0.1, 0.15) is 0 Å². The topological polar surface area (TPSA) is 70.2 Å². The summed E-state index contributed by atoms with van der Waals surface area (Å²) in [6.07, 6.45) is 5.20. The fourth-order valence-electron chi connectivity index (χ4n) is 6.47. The van der Waals surface area contributed by atoms with Crippen molar-refractivity contribution in [2.45, 2.75) is 55.5 Å². The van der Waals surface area contributed by atoms with Gasteiger partial charge in [-0.1, -0.05) is 60.0 Å². The second-order valence-electron chi connectivity index (χ2n) is 11.2. The lowest BCUT2D eigenvalue weighted by molar-refractivity contribution is -0.125. The summed E-state index contributed by atoms with van der Waals surface area (Å²) >= 11 is 12.1. The molecule has 0 amide bonds. The van der Waals surface area contributed by atoms with Crippen molar-refractivity contribution in [1.29, 1.82) is 0 Å². The molecule has 0 radical (unpaired) electrons. The Kier molecular flexibility index (Phi) is 10.2. The number of hydrogen-bond donors (Lipinski definition) is 0. The van der Waals surface area contributed by atoms with Gasteiger partial charge in [-0.3, -0.25) is 14.6 Å². The Morgan fingerprint density at radius 2 is 1.62 bits per heavy atom. The number of carbonyl (C=O) groups excluding carboxylic acids is 1. The van der Waals surface area contributed by atoms with Crippen molar-refractivity contribution >= 4 is 39.0 Å². The van der Waals surface area contributed by atoms with Crippen LogP contribution < -0.4 is 0 Å². The van der Waals surface area contributed by atoms with Crippen LogP contribution in [-0.2, 0) is 26.0 Å². The van der Waals surface area contributed by atoms with Crippen LogP contribution in [0.15, 0.2) is 53.4 Å². The number of nitrogens with zero attached hydrogens (tertiary/aromatic N) is 3. The largest absolute Gasteiger partial charge is 0.379 e. The molecule has 3 saturated heterocycles. The molecule has 3 fully saturated rings. The van der Waals surface area contributed by atoms with Crippen molar-refractivity contribution in [2.24, 2.45) is 5.92 Å². The number of Topliss-reactive ketones (excluding diaryl/α,β-unsaturated/α-hetero) is 1. The van der Waals surface area contributed by atoms with E-state index in [0.29, 0.717) is 29.9 Å². The first-order valence-corrected chi connectivity index (χ1v) is 16.6.